The molecule has 1 rings (SSSR count). The van der Waals surface area contributed by atoms with Crippen LogP contribution in [0, 0.1) is 0 Å². The van der Waals surface area contributed by atoms with E-state index in [4.69, 9.17) is 5.73 Å². The fourth-order valence-corrected chi connectivity index (χ4v) is 1.83. The smallest absolute Gasteiger partial charge is 0.241 e. The zero-order valence-electron chi connectivity index (χ0n) is 11.0. The molecule has 0 aliphatic carbocycles. The fraction of sp³-hybridized carbons (Fsp3) is 0.500. The first-order valence-corrected chi connectivity index (χ1v) is 6.27. The highest BCUT2D eigenvalue weighted by Crippen LogP contribution is 2.12. The van der Waals surface area contributed by atoms with E-state index in [1.54, 1.807) is 6.92 Å². The number of amides is 1. The SMILES string of the molecule is CCCC(C)(O)CNC(=O)[C@H](N)c1ccccc1. The summed E-state index contributed by atoms with van der Waals surface area (Å²) in [5.41, 5.74) is 5.74. The standard InChI is InChI=1S/C14H22N2O2/c1-3-9-14(2,18)10-16-13(17)12(15)11-7-5-4-6-8-11/h4-8,12,18H,3,9-10,15H2,1-2H3,(H,16,17)/t12-,14?/m1/s1. The minimum Gasteiger partial charge on any atom is -0.388 e. The minimum absolute atomic E-state index is 0.222. The number of rotatable bonds is 6. The zero-order valence-corrected chi connectivity index (χ0v) is 11.0. The Labute approximate surface area is 108 Å². The van der Waals surface area contributed by atoms with Crippen LogP contribution >= 0.6 is 0 Å². The molecular formula is C14H22N2O2. The van der Waals surface area contributed by atoms with Gasteiger partial charge in [0, 0.05) is 6.54 Å². The molecule has 1 aromatic rings. The van der Waals surface area contributed by atoms with Gasteiger partial charge in [0.15, 0.2) is 0 Å². The summed E-state index contributed by atoms with van der Waals surface area (Å²) in [7, 11) is 0. The van der Waals surface area contributed by atoms with E-state index >= 15 is 0 Å². The molecule has 0 fully saturated rings. The molecule has 0 aliphatic rings. The maximum atomic E-state index is 11.8. The van der Waals surface area contributed by atoms with Crippen LogP contribution < -0.4 is 11.1 Å². The highest BCUT2D eigenvalue weighted by molar-refractivity contribution is 5.82. The normalized spacial score (nSPS) is 15.8. The molecule has 1 unspecified atom stereocenters. The quantitative estimate of drug-likeness (QED) is 0.713. The molecular weight excluding hydrogens is 228 g/mol. The topological polar surface area (TPSA) is 75.3 Å². The van der Waals surface area contributed by atoms with Crippen LogP contribution in [-0.4, -0.2) is 23.2 Å². The van der Waals surface area contributed by atoms with Crippen LogP contribution in [0.3, 0.4) is 0 Å². The van der Waals surface area contributed by atoms with Crippen LogP contribution in [-0.2, 0) is 4.79 Å². The number of carbonyl (C=O) groups excluding carboxylic acids is 1. The molecule has 0 aromatic heterocycles. The van der Waals surface area contributed by atoms with Crippen LogP contribution in [0.25, 0.3) is 0 Å². The summed E-state index contributed by atoms with van der Waals surface area (Å²) in [5.74, 6) is -0.266. The summed E-state index contributed by atoms with van der Waals surface area (Å²) in [6.07, 6.45) is 1.52. The lowest BCUT2D eigenvalue weighted by atomic mass is 10.0. The van der Waals surface area contributed by atoms with E-state index < -0.39 is 11.6 Å². The molecule has 4 N–H and O–H groups in total. The molecule has 0 heterocycles. The van der Waals surface area contributed by atoms with Crippen molar-refractivity contribution in [2.75, 3.05) is 6.54 Å². The zero-order chi connectivity index (χ0) is 13.6. The number of nitrogens with one attached hydrogen (secondary N) is 1. The largest absolute Gasteiger partial charge is 0.388 e. The Morgan fingerprint density at radius 1 is 1.44 bits per heavy atom. The summed E-state index contributed by atoms with van der Waals surface area (Å²) in [4.78, 5) is 11.8. The molecule has 4 nitrogen and oxygen atoms in total. The molecule has 0 radical (unpaired) electrons. The van der Waals surface area contributed by atoms with Crippen molar-refractivity contribution in [1.29, 1.82) is 0 Å². The Kier molecular flexibility index (Phi) is 5.31. The molecule has 0 bridgehead atoms. The van der Waals surface area contributed by atoms with Crippen molar-refractivity contribution in [1.82, 2.24) is 5.32 Å². The summed E-state index contributed by atoms with van der Waals surface area (Å²) in [6, 6.07) is 8.50. The van der Waals surface area contributed by atoms with E-state index in [0.717, 1.165) is 12.0 Å². The number of benzene rings is 1. The van der Waals surface area contributed by atoms with E-state index in [0.29, 0.717) is 6.42 Å². The molecule has 1 aromatic carbocycles. The Hall–Kier alpha value is -1.39. The Balaban J connectivity index is 2.51. The van der Waals surface area contributed by atoms with Gasteiger partial charge >= 0.3 is 0 Å². The van der Waals surface area contributed by atoms with Crippen LogP contribution in [0.4, 0.5) is 0 Å². The number of hydrogen-bond donors (Lipinski definition) is 3. The minimum atomic E-state index is -0.874. The Morgan fingerprint density at radius 2 is 2.06 bits per heavy atom. The third-order valence-corrected chi connectivity index (χ3v) is 2.87. The molecule has 1 amide bonds. The number of nitrogens with two attached hydrogens (primary N) is 1. The summed E-state index contributed by atoms with van der Waals surface area (Å²) in [6.45, 7) is 3.93. The van der Waals surface area contributed by atoms with Gasteiger partial charge in [-0.15, -0.1) is 0 Å². The van der Waals surface area contributed by atoms with Gasteiger partial charge in [0.1, 0.15) is 6.04 Å². The highest BCUT2D eigenvalue weighted by Gasteiger charge is 2.22. The average molecular weight is 250 g/mol. The van der Waals surface area contributed by atoms with Crippen LogP contribution in [0.1, 0.15) is 38.3 Å². The first-order valence-electron chi connectivity index (χ1n) is 6.27. The highest BCUT2D eigenvalue weighted by atomic mass is 16.3. The van der Waals surface area contributed by atoms with Crippen molar-refractivity contribution in [2.45, 2.75) is 38.3 Å². The van der Waals surface area contributed by atoms with Gasteiger partial charge in [0.05, 0.1) is 5.60 Å². The number of carbonyl (C=O) groups is 1. The summed E-state index contributed by atoms with van der Waals surface area (Å²) >= 11 is 0. The van der Waals surface area contributed by atoms with Gasteiger partial charge in [0.25, 0.3) is 0 Å². The lowest BCUT2D eigenvalue weighted by molar-refractivity contribution is -0.123. The van der Waals surface area contributed by atoms with Gasteiger partial charge in [-0.05, 0) is 18.9 Å². The molecule has 0 spiro atoms. The van der Waals surface area contributed by atoms with E-state index in [-0.39, 0.29) is 12.5 Å². The predicted molar refractivity (Wildman–Crippen MR) is 71.9 cm³/mol. The second-order valence-corrected chi connectivity index (χ2v) is 4.85. The van der Waals surface area contributed by atoms with Crippen molar-refractivity contribution in [2.24, 2.45) is 5.73 Å². The van der Waals surface area contributed by atoms with E-state index in [1.165, 1.54) is 0 Å². The van der Waals surface area contributed by atoms with Gasteiger partial charge in [-0.1, -0.05) is 43.7 Å². The van der Waals surface area contributed by atoms with Crippen molar-refractivity contribution < 1.29 is 9.90 Å². The average Bonchev–Trinajstić information content (AvgIpc) is 2.36. The second-order valence-electron chi connectivity index (χ2n) is 4.85. The molecule has 18 heavy (non-hydrogen) atoms. The van der Waals surface area contributed by atoms with E-state index in [1.807, 2.05) is 37.3 Å². The molecule has 100 valence electrons. The molecule has 4 heteroatoms. The summed E-state index contributed by atoms with van der Waals surface area (Å²) < 4.78 is 0. The lowest BCUT2D eigenvalue weighted by Crippen LogP contribution is -2.43. The number of hydrogen-bond acceptors (Lipinski definition) is 3. The maximum Gasteiger partial charge on any atom is 0.241 e. The molecule has 0 saturated carbocycles. The van der Waals surface area contributed by atoms with Crippen molar-refractivity contribution in [3.63, 3.8) is 0 Å². The molecule has 0 saturated heterocycles. The third kappa shape index (κ3) is 4.47. The fourth-order valence-electron chi connectivity index (χ4n) is 1.83. The Morgan fingerprint density at radius 3 is 2.61 bits per heavy atom. The third-order valence-electron chi connectivity index (χ3n) is 2.87. The van der Waals surface area contributed by atoms with Crippen LogP contribution in [0.5, 0.6) is 0 Å². The van der Waals surface area contributed by atoms with Crippen molar-refractivity contribution >= 4 is 5.91 Å². The first kappa shape index (κ1) is 14.7. The monoisotopic (exact) mass is 250 g/mol. The van der Waals surface area contributed by atoms with E-state index in [2.05, 4.69) is 5.32 Å². The van der Waals surface area contributed by atoms with Gasteiger partial charge < -0.3 is 16.2 Å². The maximum absolute atomic E-state index is 11.8. The summed E-state index contributed by atoms with van der Waals surface area (Å²) in [5, 5.41) is 12.7. The van der Waals surface area contributed by atoms with Gasteiger partial charge in [-0.25, -0.2) is 0 Å². The molecule has 0 aliphatic heterocycles. The second kappa shape index (κ2) is 6.52. The van der Waals surface area contributed by atoms with Crippen LogP contribution in [0.2, 0.25) is 0 Å². The first-order chi connectivity index (χ1) is 8.46. The van der Waals surface area contributed by atoms with E-state index in [9.17, 15) is 9.90 Å². The predicted octanol–water partition coefficient (Wildman–Crippen LogP) is 1.35. The van der Waals surface area contributed by atoms with Gasteiger partial charge in [0.2, 0.25) is 5.91 Å². The Bertz CT molecular complexity index is 377. The van der Waals surface area contributed by atoms with Crippen molar-refractivity contribution in [3.8, 4) is 0 Å². The lowest BCUT2D eigenvalue weighted by Gasteiger charge is -2.24. The van der Waals surface area contributed by atoms with Gasteiger partial charge in [-0.3, -0.25) is 4.79 Å². The van der Waals surface area contributed by atoms with Crippen LogP contribution in [0.15, 0.2) is 30.3 Å². The number of aliphatic hydroxyl groups is 1. The van der Waals surface area contributed by atoms with Gasteiger partial charge in [-0.2, -0.15) is 0 Å². The molecule has 2 atom stereocenters. The van der Waals surface area contributed by atoms with Crippen molar-refractivity contribution in [3.05, 3.63) is 35.9 Å².